The average Bonchev–Trinajstić information content (AvgIpc) is 3.68. The minimum Gasteiger partial charge on any atom is -0.444 e. The molecule has 2 aromatic heterocycles. The van der Waals surface area contributed by atoms with Crippen molar-refractivity contribution in [2.45, 2.75) is 62.5 Å². The number of alkyl carbamates (subject to hydrolysis) is 1. The van der Waals surface area contributed by atoms with Gasteiger partial charge in [0.25, 0.3) is 11.8 Å². The number of amides is 3. The molecule has 0 unspecified atom stereocenters. The molecule has 6 rings (SSSR count). The maximum atomic E-state index is 13.9. The Hall–Kier alpha value is -3.90. The Labute approximate surface area is 352 Å². The molecule has 4 aromatic rings. The molecule has 4 N–H and O–H groups in total. The fourth-order valence-electron chi connectivity index (χ4n) is 6.07. The number of imide groups is 1. The van der Waals surface area contributed by atoms with Crippen LogP contribution < -0.4 is 11.1 Å². The van der Waals surface area contributed by atoms with E-state index in [4.69, 9.17) is 24.7 Å². The summed E-state index contributed by atoms with van der Waals surface area (Å²) in [7, 11) is -8.15. The summed E-state index contributed by atoms with van der Waals surface area (Å²) in [6.45, 7) is 11.4. The largest absolute Gasteiger partial charge is 0.444 e. The van der Waals surface area contributed by atoms with Crippen LogP contribution in [0, 0.1) is 0 Å². The van der Waals surface area contributed by atoms with Gasteiger partial charge < -0.3 is 29.7 Å². The number of carbonyl (C=O) groups is 4. The van der Waals surface area contributed by atoms with Crippen LogP contribution in [0.4, 0.5) is 9.59 Å². The molecule has 4 heterocycles. The summed E-state index contributed by atoms with van der Waals surface area (Å²) >= 11 is 6.65. The van der Waals surface area contributed by atoms with Crippen LogP contribution >= 0.6 is 31.9 Å². The SMILES string of the molecule is CC(C)(C)OC(=O)NC(=O)c1c(S(=O)(=O)N2CCOCC2)c2cc(Br)ccc2n1C(=O)OC(C)(C)C.NC(=O)c1[nH]c2ccc(Br)cc2c1S(=O)(=O)N1CCOCC1. The maximum absolute atomic E-state index is 13.9. The Balaban J connectivity index is 0.000000247. The number of nitrogens with one attached hydrogen (secondary N) is 2. The topological polar surface area (TPSA) is 239 Å². The van der Waals surface area contributed by atoms with E-state index < -0.39 is 65.8 Å². The number of aromatic nitrogens is 2. The molecule has 2 fully saturated rings. The van der Waals surface area contributed by atoms with Crippen molar-refractivity contribution in [2.24, 2.45) is 5.73 Å². The fourth-order valence-corrected chi connectivity index (χ4v) is 10.3. The lowest BCUT2D eigenvalue weighted by Crippen LogP contribution is -2.42. The lowest BCUT2D eigenvalue weighted by atomic mass is 10.2. The minimum atomic E-state index is -4.32. The highest BCUT2D eigenvalue weighted by atomic mass is 79.9. The van der Waals surface area contributed by atoms with Crippen molar-refractivity contribution < 1.29 is 55.0 Å². The third-order valence-corrected chi connectivity index (χ3v) is 13.3. The second-order valence-corrected chi connectivity index (χ2v) is 20.6. The lowest BCUT2D eigenvalue weighted by Gasteiger charge is -2.26. The van der Waals surface area contributed by atoms with E-state index in [9.17, 15) is 36.0 Å². The molecule has 0 aliphatic carbocycles. The second kappa shape index (κ2) is 17.4. The molecule has 2 saturated heterocycles. The molecule has 316 valence electrons. The van der Waals surface area contributed by atoms with E-state index >= 15 is 0 Å². The Bertz CT molecular complexity index is 2480. The summed E-state index contributed by atoms with van der Waals surface area (Å²) in [5.74, 6) is -1.94. The summed E-state index contributed by atoms with van der Waals surface area (Å²) < 4.78 is 79.3. The number of H-pyrrole nitrogens is 1. The second-order valence-electron chi connectivity index (χ2n) is 15.0. The first-order valence-electron chi connectivity index (χ1n) is 17.8. The highest BCUT2D eigenvalue weighted by Crippen LogP contribution is 2.36. The zero-order chi connectivity index (χ0) is 43.0. The van der Waals surface area contributed by atoms with Crippen LogP contribution in [0.3, 0.4) is 0 Å². The van der Waals surface area contributed by atoms with Gasteiger partial charge in [0.1, 0.15) is 32.4 Å². The van der Waals surface area contributed by atoms with Gasteiger partial charge in [-0.2, -0.15) is 8.61 Å². The van der Waals surface area contributed by atoms with Gasteiger partial charge in [-0.3, -0.25) is 14.9 Å². The van der Waals surface area contributed by atoms with E-state index in [1.54, 1.807) is 65.8 Å². The smallest absolute Gasteiger partial charge is 0.419 e. The molecule has 22 heteroatoms. The molecule has 58 heavy (non-hydrogen) atoms. The number of hydrogen-bond acceptors (Lipinski definition) is 12. The first-order chi connectivity index (χ1) is 26.9. The quantitative estimate of drug-likeness (QED) is 0.233. The van der Waals surface area contributed by atoms with Gasteiger partial charge in [-0.15, -0.1) is 0 Å². The average molecular weight is 977 g/mol. The summed E-state index contributed by atoms with van der Waals surface area (Å²) in [6, 6.07) is 9.70. The summed E-state index contributed by atoms with van der Waals surface area (Å²) in [5, 5.41) is 2.60. The molecule has 2 aliphatic rings. The number of rotatable bonds is 6. The zero-order valence-corrected chi connectivity index (χ0v) is 37.3. The molecule has 2 aliphatic heterocycles. The summed E-state index contributed by atoms with van der Waals surface area (Å²) in [5.41, 5.74) is 3.49. The first-order valence-corrected chi connectivity index (χ1v) is 22.3. The third kappa shape index (κ3) is 10.1. The van der Waals surface area contributed by atoms with E-state index in [-0.39, 0.29) is 60.9 Å². The number of fused-ring (bicyclic) bond motifs is 2. The number of nitrogens with two attached hydrogens (primary N) is 1. The number of aromatic amines is 1. The number of primary amides is 1. The number of sulfonamides is 2. The monoisotopic (exact) mass is 974 g/mol. The summed E-state index contributed by atoms with van der Waals surface area (Å²) in [6.07, 6.45) is -2.07. The lowest BCUT2D eigenvalue weighted by molar-refractivity contribution is 0.0479. The predicted octanol–water partition coefficient (Wildman–Crippen LogP) is 4.92. The number of halogens is 2. The Morgan fingerprint density at radius 1 is 0.741 bits per heavy atom. The van der Waals surface area contributed by atoms with Crippen molar-refractivity contribution in [2.75, 3.05) is 52.6 Å². The molecular weight excluding hydrogens is 932 g/mol. The van der Waals surface area contributed by atoms with E-state index in [2.05, 4.69) is 42.2 Å². The molecule has 0 bridgehead atoms. The number of nitrogens with zero attached hydrogens (tertiary/aromatic N) is 3. The number of ether oxygens (including phenoxy) is 4. The van der Waals surface area contributed by atoms with E-state index in [0.717, 1.165) is 4.57 Å². The van der Waals surface area contributed by atoms with Crippen LogP contribution in [0.5, 0.6) is 0 Å². The van der Waals surface area contributed by atoms with Crippen molar-refractivity contribution in [1.29, 1.82) is 0 Å². The molecule has 0 radical (unpaired) electrons. The highest BCUT2D eigenvalue weighted by Gasteiger charge is 2.39. The van der Waals surface area contributed by atoms with Crippen LogP contribution in [0.25, 0.3) is 21.8 Å². The maximum Gasteiger partial charge on any atom is 0.419 e. The molecule has 0 atom stereocenters. The highest BCUT2D eigenvalue weighted by molar-refractivity contribution is 9.10. The number of hydrogen-bond donors (Lipinski definition) is 3. The van der Waals surface area contributed by atoms with E-state index in [0.29, 0.717) is 33.1 Å². The third-order valence-electron chi connectivity index (χ3n) is 8.38. The first kappa shape index (κ1) is 45.2. The Morgan fingerprint density at radius 2 is 1.22 bits per heavy atom. The van der Waals surface area contributed by atoms with Gasteiger partial charge in [0, 0.05) is 51.4 Å². The van der Waals surface area contributed by atoms with Crippen LogP contribution in [0.15, 0.2) is 55.1 Å². The normalized spacial score (nSPS) is 16.1. The molecule has 18 nitrogen and oxygen atoms in total. The van der Waals surface area contributed by atoms with Crippen molar-refractivity contribution in [1.82, 2.24) is 23.5 Å². The minimum absolute atomic E-state index is 0.0581. The predicted molar refractivity (Wildman–Crippen MR) is 219 cm³/mol. The molecule has 0 spiro atoms. The standard InChI is InChI=1S/C23H30BrN3O8S.C13H14BrN3O4S/c1-22(2,3)34-20(29)25-19(28)17-18(36(31,32)26-9-11-33-12-10-26)15-13-14(24)7-8-16(15)27(17)21(30)35-23(4,5)6;14-8-1-2-10-9(7-8)12(11(16-10)13(15)18)22(19,20)17-3-5-21-6-4-17/h7-8,13H,9-12H2,1-6H3,(H,25,28,29);1-2,7,16H,3-6H2,(H2,15,18). The van der Waals surface area contributed by atoms with Crippen molar-refractivity contribution >= 4 is 97.7 Å². The Morgan fingerprint density at radius 3 is 1.72 bits per heavy atom. The molecule has 0 saturated carbocycles. The van der Waals surface area contributed by atoms with Crippen molar-refractivity contribution in [3.05, 3.63) is 56.7 Å². The van der Waals surface area contributed by atoms with Gasteiger partial charge in [-0.25, -0.2) is 31.0 Å². The van der Waals surface area contributed by atoms with Crippen LogP contribution in [-0.2, 0) is 39.0 Å². The van der Waals surface area contributed by atoms with Gasteiger partial charge in [-0.05, 0) is 77.9 Å². The zero-order valence-electron chi connectivity index (χ0n) is 32.5. The number of morpholine rings is 2. The number of benzene rings is 2. The van der Waals surface area contributed by atoms with E-state index in [1.807, 2.05) is 0 Å². The van der Waals surface area contributed by atoms with Crippen molar-refractivity contribution in [3.63, 3.8) is 0 Å². The molecule has 2 aromatic carbocycles. The molecular formula is C36H44Br2N6O12S2. The number of carbonyl (C=O) groups excluding carboxylic acids is 4. The van der Waals surface area contributed by atoms with Crippen LogP contribution in [0.2, 0.25) is 0 Å². The van der Waals surface area contributed by atoms with Gasteiger partial charge in [0.2, 0.25) is 20.0 Å². The fraction of sp³-hybridized carbons (Fsp3) is 0.444. The van der Waals surface area contributed by atoms with Gasteiger partial charge in [-0.1, -0.05) is 31.9 Å². The van der Waals surface area contributed by atoms with Gasteiger partial charge in [0.05, 0.1) is 31.9 Å². The molecule has 3 amide bonds. The van der Waals surface area contributed by atoms with Crippen LogP contribution in [0.1, 0.15) is 62.5 Å². The van der Waals surface area contributed by atoms with E-state index in [1.165, 1.54) is 20.7 Å². The van der Waals surface area contributed by atoms with Crippen LogP contribution in [-0.4, -0.2) is 123 Å². The van der Waals surface area contributed by atoms with Gasteiger partial charge >= 0.3 is 12.2 Å². The van der Waals surface area contributed by atoms with Crippen molar-refractivity contribution in [3.8, 4) is 0 Å². The van der Waals surface area contributed by atoms with Gasteiger partial charge in [0.15, 0.2) is 0 Å². The summed E-state index contributed by atoms with van der Waals surface area (Å²) in [4.78, 5) is 53.2. The Kier molecular flexibility index (Phi) is 13.5.